The van der Waals surface area contributed by atoms with Crippen LogP contribution in [-0.4, -0.2) is 43.1 Å². The Morgan fingerprint density at radius 1 is 1.35 bits per heavy atom. The number of halogens is 2. The zero-order valence-corrected chi connectivity index (χ0v) is 12.5. The second kappa shape index (κ2) is 5.32. The highest BCUT2D eigenvalue weighted by Gasteiger charge is 2.36. The first-order chi connectivity index (χ1) is 9.32. The largest absolute Gasteiger partial charge is 0.349 e. The summed E-state index contributed by atoms with van der Waals surface area (Å²) in [5, 5.41) is 0. The molecule has 1 aromatic carbocycles. The number of anilines is 1. The first-order valence-corrected chi connectivity index (χ1v) is 6.67. The molecule has 1 aromatic rings. The lowest BCUT2D eigenvalue weighted by molar-refractivity contribution is -0.128. The number of amides is 2. The van der Waals surface area contributed by atoms with Crippen LogP contribution in [0, 0.1) is 5.82 Å². The van der Waals surface area contributed by atoms with Gasteiger partial charge in [0.2, 0.25) is 5.91 Å². The molecule has 0 radical (unpaired) electrons. The van der Waals surface area contributed by atoms with Gasteiger partial charge >= 0.3 is 0 Å². The summed E-state index contributed by atoms with van der Waals surface area (Å²) in [4.78, 5) is 37.8. The molecule has 0 aliphatic carbocycles. The van der Waals surface area contributed by atoms with Gasteiger partial charge < -0.3 is 9.80 Å². The smallest absolute Gasteiger partial charge is 0.299 e. The maximum absolute atomic E-state index is 13.6. The number of rotatable bonds is 3. The molecule has 1 aliphatic rings. The van der Waals surface area contributed by atoms with E-state index in [4.69, 9.17) is 0 Å². The molecule has 7 heteroatoms. The third kappa shape index (κ3) is 2.45. The van der Waals surface area contributed by atoms with Crippen LogP contribution in [0.3, 0.4) is 0 Å². The van der Waals surface area contributed by atoms with E-state index >= 15 is 0 Å². The van der Waals surface area contributed by atoms with Crippen molar-refractivity contribution in [3.05, 3.63) is 28.0 Å². The number of hydrogen-bond donors (Lipinski definition) is 0. The molecule has 5 nitrogen and oxygen atoms in total. The van der Waals surface area contributed by atoms with Gasteiger partial charge in [-0.05, 0) is 28.1 Å². The molecule has 106 valence electrons. The molecule has 0 saturated heterocycles. The Hall–Kier alpha value is -1.76. The number of fused-ring (bicyclic) bond motifs is 1. The summed E-state index contributed by atoms with van der Waals surface area (Å²) >= 11 is 2.98. The maximum Gasteiger partial charge on any atom is 0.299 e. The van der Waals surface area contributed by atoms with Gasteiger partial charge in [0.25, 0.3) is 11.7 Å². The Labute approximate surface area is 123 Å². The second-order valence-electron chi connectivity index (χ2n) is 4.61. The Morgan fingerprint density at radius 2 is 2.00 bits per heavy atom. The SMILES string of the molecule is CN(C)C(=O)CCN1C(=O)C(=O)c2cc(Br)c(F)cc21. The Balaban J connectivity index is 2.29. The zero-order chi connectivity index (χ0) is 15.0. The quantitative estimate of drug-likeness (QED) is 0.784. The molecule has 0 saturated carbocycles. The van der Waals surface area contributed by atoms with Crippen LogP contribution >= 0.6 is 15.9 Å². The van der Waals surface area contributed by atoms with Gasteiger partial charge in [0.05, 0.1) is 15.7 Å². The first kappa shape index (κ1) is 14.6. The lowest BCUT2D eigenvalue weighted by atomic mass is 10.1. The van der Waals surface area contributed by atoms with E-state index in [1.807, 2.05) is 0 Å². The number of ketones is 1. The van der Waals surface area contributed by atoms with E-state index in [1.54, 1.807) is 14.1 Å². The number of carbonyl (C=O) groups is 3. The fraction of sp³-hybridized carbons (Fsp3) is 0.308. The first-order valence-electron chi connectivity index (χ1n) is 5.88. The van der Waals surface area contributed by atoms with Crippen LogP contribution in [0.15, 0.2) is 16.6 Å². The highest BCUT2D eigenvalue weighted by molar-refractivity contribution is 9.10. The topological polar surface area (TPSA) is 57.7 Å². The number of Topliss-reactive ketones (excluding diaryl/α,β-unsaturated/α-hetero) is 1. The van der Waals surface area contributed by atoms with Gasteiger partial charge in [-0.3, -0.25) is 14.4 Å². The van der Waals surface area contributed by atoms with Gasteiger partial charge in [-0.2, -0.15) is 0 Å². The van der Waals surface area contributed by atoms with Crippen molar-refractivity contribution in [1.82, 2.24) is 4.90 Å². The highest BCUT2D eigenvalue weighted by atomic mass is 79.9. The van der Waals surface area contributed by atoms with Crippen molar-refractivity contribution in [3.63, 3.8) is 0 Å². The summed E-state index contributed by atoms with van der Waals surface area (Å²) in [5.74, 6) is -2.14. The van der Waals surface area contributed by atoms with Crippen molar-refractivity contribution in [2.45, 2.75) is 6.42 Å². The summed E-state index contributed by atoms with van der Waals surface area (Å²) in [6.07, 6.45) is 0.0726. The average Bonchev–Trinajstić information content (AvgIpc) is 2.61. The van der Waals surface area contributed by atoms with Crippen molar-refractivity contribution in [3.8, 4) is 0 Å². The summed E-state index contributed by atoms with van der Waals surface area (Å²) in [7, 11) is 3.20. The molecular formula is C13H12BrFN2O3. The number of hydrogen-bond acceptors (Lipinski definition) is 3. The third-order valence-electron chi connectivity index (χ3n) is 3.06. The predicted octanol–water partition coefficient (Wildman–Crippen LogP) is 1.60. The normalized spacial score (nSPS) is 13.7. The molecule has 0 atom stereocenters. The molecule has 0 aromatic heterocycles. The minimum atomic E-state index is -0.732. The van der Waals surface area contributed by atoms with E-state index in [9.17, 15) is 18.8 Å². The average molecular weight is 343 g/mol. The summed E-state index contributed by atoms with van der Waals surface area (Å²) < 4.78 is 13.7. The van der Waals surface area contributed by atoms with Crippen LogP contribution in [0.4, 0.5) is 10.1 Å². The van der Waals surface area contributed by atoms with E-state index in [2.05, 4.69) is 15.9 Å². The highest BCUT2D eigenvalue weighted by Crippen LogP contribution is 2.33. The standard InChI is InChI=1S/C13H12BrFN2O3/c1-16(2)11(18)3-4-17-10-6-9(15)8(14)5-7(10)12(19)13(17)20/h5-6H,3-4H2,1-2H3. The van der Waals surface area contributed by atoms with E-state index in [-0.39, 0.29) is 34.6 Å². The van der Waals surface area contributed by atoms with Crippen LogP contribution in [-0.2, 0) is 9.59 Å². The Bertz CT molecular complexity index is 616. The molecule has 2 amide bonds. The van der Waals surface area contributed by atoms with Crippen LogP contribution < -0.4 is 4.90 Å². The molecule has 0 bridgehead atoms. The summed E-state index contributed by atoms with van der Waals surface area (Å²) in [6.45, 7) is 0.0512. The molecular weight excluding hydrogens is 331 g/mol. The molecule has 0 fully saturated rings. The molecule has 20 heavy (non-hydrogen) atoms. The van der Waals surface area contributed by atoms with E-state index < -0.39 is 17.5 Å². The van der Waals surface area contributed by atoms with Gasteiger partial charge in [-0.1, -0.05) is 0 Å². The second-order valence-corrected chi connectivity index (χ2v) is 5.46. The van der Waals surface area contributed by atoms with Crippen LogP contribution in [0.5, 0.6) is 0 Å². The van der Waals surface area contributed by atoms with Gasteiger partial charge in [-0.25, -0.2) is 4.39 Å². The van der Waals surface area contributed by atoms with Crippen LogP contribution in [0.2, 0.25) is 0 Å². The number of nitrogens with zero attached hydrogens (tertiary/aromatic N) is 2. The molecule has 2 rings (SSSR count). The van der Waals surface area contributed by atoms with Crippen molar-refractivity contribution in [2.24, 2.45) is 0 Å². The van der Waals surface area contributed by atoms with E-state index in [0.29, 0.717) is 0 Å². The van der Waals surface area contributed by atoms with Gasteiger partial charge in [0, 0.05) is 27.1 Å². The summed E-state index contributed by atoms with van der Waals surface area (Å²) in [6, 6.07) is 2.42. The molecule has 1 heterocycles. The van der Waals surface area contributed by atoms with Gasteiger partial charge in [-0.15, -0.1) is 0 Å². The van der Waals surface area contributed by atoms with E-state index in [1.165, 1.54) is 11.0 Å². The predicted molar refractivity (Wildman–Crippen MR) is 74.1 cm³/mol. The van der Waals surface area contributed by atoms with E-state index in [0.717, 1.165) is 11.0 Å². The minimum absolute atomic E-state index is 0.0512. The molecule has 0 unspecified atom stereocenters. The van der Waals surface area contributed by atoms with Crippen molar-refractivity contribution in [1.29, 1.82) is 0 Å². The zero-order valence-electron chi connectivity index (χ0n) is 10.9. The minimum Gasteiger partial charge on any atom is -0.349 e. The van der Waals surface area contributed by atoms with Gasteiger partial charge in [0.1, 0.15) is 5.82 Å². The lowest BCUT2D eigenvalue weighted by Crippen LogP contribution is -2.34. The fourth-order valence-electron chi connectivity index (χ4n) is 1.94. The monoisotopic (exact) mass is 342 g/mol. The van der Waals surface area contributed by atoms with Crippen molar-refractivity contribution >= 4 is 39.2 Å². The maximum atomic E-state index is 13.6. The lowest BCUT2D eigenvalue weighted by Gasteiger charge is -2.18. The number of carbonyl (C=O) groups excluding carboxylic acids is 3. The Kier molecular flexibility index (Phi) is 3.89. The van der Waals surface area contributed by atoms with Gasteiger partial charge in [0.15, 0.2) is 0 Å². The summed E-state index contributed by atoms with van der Waals surface area (Å²) in [5.41, 5.74) is 0.368. The molecule has 0 N–H and O–H groups in total. The molecule has 0 spiro atoms. The van der Waals surface area contributed by atoms with Crippen LogP contribution in [0.1, 0.15) is 16.8 Å². The van der Waals surface area contributed by atoms with Crippen molar-refractivity contribution in [2.75, 3.05) is 25.5 Å². The third-order valence-corrected chi connectivity index (χ3v) is 3.67. The Morgan fingerprint density at radius 3 is 2.60 bits per heavy atom. The van der Waals surface area contributed by atoms with Crippen molar-refractivity contribution < 1.29 is 18.8 Å². The number of benzene rings is 1. The molecule has 1 aliphatic heterocycles. The van der Waals surface area contributed by atoms with Crippen LogP contribution in [0.25, 0.3) is 0 Å². The fourth-order valence-corrected chi connectivity index (χ4v) is 2.29.